The van der Waals surface area contributed by atoms with Gasteiger partial charge in [-0.15, -0.1) is 13.2 Å². The van der Waals surface area contributed by atoms with Gasteiger partial charge in [0.05, 0.1) is 0 Å². The fourth-order valence-corrected chi connectivity index (χ4v) is 0.838. The molecule has 0 fully saturated rings. The van der Waals surface area contributed by atoms with Crippen molar-refractivity contribution in [2.24, 2.45) is 0 Å². The molecule has 0 aromatic heterocycles. The first-order chi connectivity index (χ1) is 4.81. The third-order valence-corrected chi connectivity index (χ3v) is 1.63. The highest BCUT2D eigenvalue weighted by Gasteiger charge is 2.44. The van der Waals surface area contributed by atoms with Crippen molar-refractivity contribution < 1.29 is 35.0 Å². The zero-order valence-electron chi connectivity index (χ0n) is 4.53. The van der Waals surface area contributed by atoms with Crippen LogP contribution in [0, 0.1) is 0 Å². The summed E-state index contributed by atoms with van der Waals surface area (Å²) >= 11 is -3.29. The van der Waals surface area contributed by atoms with Gasteiger partial charge in [0.15, 0.2) is 0 Å². The maximum absolute atomic E-state index is 11.1. The third-order valence-electron chi connectivity index (χ3n) is 0.300. The lowest BCUT2D eigenvalue weighted by atomic mass is 11.4. The first-order valence-electron chi connectivity index (χ1n) is 1.82. The molecule has 11 heavy (non-hydrogen) atoms. The van der Waals surface area contributed by atoms with Crippen molar-refractivity contribution in [2.45, 2.75) is 6.36 Å². The summed E-state index contributed by atoms with van der Waals surface area (Å²) in [6, 6.07) is 0. The van der Waals surface area contributed by atoms with Gasteiger partial charge in [0.1, 0.15) is 11.4 Å². The standard InChI is InChI=1S/CF3O5PS/c2-1(3,4)8-10(5)9-11(6)7. The van der Waals surface area contributed by atoms with E-state index >= 15 is 0 Å². The van der Waals surface area contributed by atoms with Crippen molar-refractivity contribution in [1.29, 1.82) is 0 Å². The first-order valence-corrected chi connectivity index (χ1v) is 3.91. The molecule has 0 aromatic rings. The molecule has 2 atom stereocenters. The van der Waals surface area contributed by atoms with Crippen molar-refractivity contribution in [1.82, 2.24) is 0 Å². The fraction of sp³-hybridized carbons (Fsp3) is 1.00. The molecule has 0 N–H and O–H groups in total. The van der Waals surface area contributed by atoms with E-state index in [9.17, 15) is 26.5 Å². The van der Waals surface area contributed by atoms with Crippen molar-refractivity contribution >= 4 is 19.6 Å². The molecule has 0 aromatic carbocycles. The second-order valence-corrected chi connectivity index (χ2v) is 2.67. The monoisotopic (exact) mass is 212 g/mol. The molecule has 0 aliphatic heterocycles. The number of alkyl halides is 3. The summed E-state index contributed by atoms with van der Waals surface area (Å²) < 4.78 is 67.7. The van der Waals surface area contributed by atoms with Crippen LogP contribution in [0.4, 0.5) is 13.2 Å². The van der Waals surface area contributed by atoms with Gasteiger partial charge < -0.3 is 4.55 Å². The Bertz CT molecular complexity index is 177. The summed E-state index contributed by atoms with van der Waals surface area (Å²) in [5, 5.41) is 0. The quantitative estimate of drug-likeness (QED) is 0.515. The van der Waals surface area contributed by atoms with Crippen LogP contribution >= 0.6 is 8.25 Å². The highest BCUT2D eigenvalue weighted by Crippen LogP contribution is 2.34. The van der Waals surface area contributed by atoms with Crippen LogP contribution in [0.2, 0.25) is 0 Å². The summed E-state index contributed by atoms with van der Waals surface area (Å²) in [5.74, 6) is 0. The van der Waals surface area contributed by atoms with Crippen LogP contribution in [0.5, 0.6) is 0 Å². The second-order valence-electron chi connectivity index (χ2n) is 1.04. The Labute approximate surface area is 61.9 Å². The molecular formula is CF3O5PS. The molecule has 2 unspecified atom stereocenters. The minimum absolute atomic E-state index is 2.64. The van der Waals surface area contributed by atoms with E-state index in [-0.39, 0.29) is 0 Å². The van der Waals surface area contributed by atoms with Gasteiger partial charge in [0.2, 0.25) is 0 Å². The van der Waals surface area contributed by atoms with E-state index in [1.54, 1.807) is 0 Å². The van der Waals surface area contributed by atoms with E-state index in [1.165, 1.54) is 0 Å². The Kier molecular flexibility index (Phi) is 4.04. The lowest BCUT2D eigenvalue weighted by Crippen LogP contribution is -2.08. The van der Waals surface area contributed by atoms with E-state index in [1.807, 2.05) is 0 Å². The smallest absolute Gasteiger partial charge is 0.720 e. The second kappa shape index (κ2) is 4.07. The molecule has 0 rings (SSSR count). The molecule has 0 bridgehead atoms. The number of halogens is 3. The van der Waals surface area contributed by atoms with Gasteiger partial charge in [0, 0.05) is 4.57 Å². The van der Waals surface area contributed by atoms with E-state index in [2.05, 4.69) is 8.49 Å². The maximum atomic E-state index is 11.1. The van der Waals surface area contributed by atoms with Crippen LogP contribution in [0.3, 0.4) is 0 Å². The molecule has 0 spiro atoms. The van der Waals surface area contributed by atoms with E-state index < -0.39 is 26.0 Å². The normalized spacial score (nSPS) is 16.2. The molecule has 5 nitrogen and oxygen atoms in total. The number of hydrogen-bond acceptors (Lipinski definition) is 5. The van der Waals surface area contributed by atoms with Crippen LogP contribution in [-0.2, 0) is 24.4 Å². The SMILES string of the molecule is O=[P+](OS(=O)[O-])OC(F)(F)F. The van der Waals surface area contributed by atoms with Crippen molar-refractivity contribution in [3.63, 3.8) is 0 Å². The Morgan fingerprint density at radius 2 is 1.91 bits per heavy atom. The van der Waals surface area contributed by atoms with Crippen LogP contribution in [0.25, 0.3) is 0 Å². The van der Waals surface area contributed by atoms with Gasteiger partial charge in [-0.25, -0.2) is 4.21 Å². The molecule has 0 aliphatic rings. The molecule has 0 saturated heterocycles. The van der Waals surface area contributed by atoms with Gasteiger partial charge in [0.25, 0.3) is 0 Å². The highest BCUT2D eigenvalue weighted by molar-refractivity contribution is 7.78. The lowest BCUT2D eigenvalue weighted by Gasteiger charge is -1.95. The van der Waals surface area contributed by atoms with E-state index in [0.29, 0.717) is 0 Å². The van der Waals surface area contributed by atoms with Crippen molar-refractivity contribution in [2.75, 3.05) is 0 Å². The number of rotatable bonds is 3. The Balaban J connectivity index is 3.80. The summed E-state index contributed by atoms with van der Waals surface area (Å²) in [6.45, 7) is 0. The first kappa shape index (κ1) is 10.9. The summed E-state index contributed by atoms with van der Waals surface area (Å²) in [7, 11) is -3.70. The molecule has 0 aliphatic carbocycles. The molecule has 0 heterocycles. The Morgan fingerprint density at radius 1 is 1.45 bits per heavy atom. The zero-order chi connectivity index (χ0) is 9.07. The summed E-state index contributed by atoms with van der Waals surface area (Å²) in [4.78, 5) is 0. The predicted octanol–water partition coefficient (Wildman–Crippen LogP) is 0.991. The highest BCUT2D eigenvalue weighted by atomic mass is 32.2. The Morgan fingerprint density at radius 3 is 2.18 bits per heavy atom. The van der Waals surface area contributed by atoms with Gasteiger partial charge in [-0.05, 0) is 8.49 Å². The molecule has 0 saturated carbocycles. The van der Waals surface area contributed by atoms with Crippen LogP contribution < -0.4 is 0 Å². The molecule has 0 radical (unpaired) electrons. The van der Waals surface area contributed by atoms with Gasteiger partial charge >= 0.3 is 14.6 Å². The molecule has 66 valence electrons. The van der Waals surface area contributed by atoms with Crippen molar-refractivity contribution in [3.8, 4) is 0 Å². The van der Waals surface area contributed by atoms with Gasteiger partial charge in [-0.1, -0.05) is 0 Å². The van der Waals surface area contributed by atoms with Crippen LogP contribution in [0.15, 0.2) is 0 Å². The molecular weight excluding hydrogens is 212 g/mol. The predicted molar refractivity (Wildman–Crippen MR) is 24.8 cm³/mol. The fourth-order valence-electron chi connectivity index (χ4n) is 0.149. The third kappa shape index (κ3) is 7.82. The minimum Gasteiger partial charge on any atom is -0.746 e. The lowest BCUT2D eigenvalue weighted by molar-refractivity contribution is -0.274. The topological polar surface area (TPSA) is 75.7 Å². The summed E-state index contributed by atoms with van der Waals surface area (Å²) in [6.07, 6.45) is -5.17. The van der Waals surface area contributed by atoms with Crippen molar-refractivity contribution in [3.05, 3.63) is 0 Å². The molecule has 10 heteroatoms. The van der Waals surface area contributed by atoms with Gasteiger partial charge in [-0.3, -0.25) is 0 Å². The van der Waals surface area contributed by atoms with Gasteiger partial charge in [-0.2, -0.15) is 0 Å². The number of hydrogen-bond donors (Lipinski definition) is 0. The van der Waals surface area contributed by atoms with Crippen LogP contribution in [0.1, 0.15) is 0 Å². The van der Waals surface area contributed by atoms with E-state index in [4.69, 9.17) is 0 Å². The average molecular weight is 212 g/mol. The van der Waals surface area contributed by atoms with Crippen LogP contribution in [-0.4, -0.2) is 15.1 Å². The largest absolute Gasteiger partial charge is 0.746 e. The van der Waals surface area contributed by atoms with E-state index in [0.717, 1.165) is 0 Å². The maximum Gasteiger partial charge on any atom is 0.720 e. The summed E-state index contributed by atoms with van der Waals surface area (Å²) in [5.41, 5.74) is 0. The molecule has 0 amide bonds. The average Bonchev–Trinajstić information content (AvgIpc) is 1.53. The zero-order valence-corrected chi connectivity index (χ0v) is 6.24. The Hall–Kier alpha value is -0.0800. The minimum atomic E-state index is -5.17.